The van der Waals surface area contributed by atoms with Crippen molar-refractivity contribution in [2.75, 3.05) is 39.5 Å². The van der Waals surface area contributed by atoms with Crippen molar-refractivity contribution >= 4 is 5.91 Å². The van der Waals surface area contributed by atoms with E-state index < -0.39 is 0 Å². The van der Waals surface area contributed by atoms with Gasteiger partial charge < -0.3 is 19.9 Å². The number of likely N-dealkylation sites (tertiary alicyclic amines) is 1. The van der Waals surface area contributed by atoms with Crippen LogP contribution in [0.4, 0.5) is 0 Å². The van der Waals surface area contributed by atoms with Crippen molar-refractivity contribution in [1.82, 2.24) is 10.2 Å². The summed E-state index contributed by atoms with van der Waals surface area (Å²) in [5, 5.41) is 12.6. The topological polar surface area (TPSA) is 71.0 Å². The lowest BCUT2D eigenvalue weighted by Crippen LogP contribution is -2.44. The van der Waals surface area contributed by atoms with Gasteiger partial charge in [0, 0.05) is 19.6 Å². The Morgan fingerprint density at radius 2 is 2.04 bits per heavy atom. The summed E-state index contributed by atoms with van der Waals surface area (Å²) in [6.07, 6.45) is 2.95. The smallest absolute Gasteiger partial charge is 0.234 e. The number of hydrogen-bond donors (Lipinski definition) is 2. The number of carbonyl (C=O) groups excluding carboxylic acids is 1. The summed E-state index contributed by atoms with van der Waals surface area (Å²) in [6, 6.07) is 5.87. The van der Waals surface area contributed by atoms with Crippen LogP contribution in [0.25, 0.3) is 0 Å². The van der Waals surface area contributed by atoms with Gasteiger partial charge in [0.1, 0.15) is 0 Å². The van der Waals surface area contributed by atoms with Gasteiger partial charge in [-0.25, -0.2) is 0 Å². The first-order chi connectivity index (χ1) is 13.1. The van der Waals surface area contributed by atoms with Gasteiger partial charge in [-0.2, -0.15) is 0 Å². The first-order valence-corrected chi connectivity index (χ1v) is 10.1. The Labute approximate surface area is 161 Å². The summed E-state index contributed by atoms with van der Waals surface area (Å²) in [7, 11) is 0. The Balaban J connectivity index is 1.65. The van der Waals surface area contributed by atoms with Gasteiger partial charge in [-0.1, -0.05) is 19.9 Å². The van der Waals surface area contributed by atoms with E-state index >= 15 is 0 Å². The number of ether oxygens (including phenoxy) is 2. The lowest BCUT2D eigenvalue weighted by molar-refractivity contribution is -0.123. The maximum atomic E-state index is 12.7. The van der Waals surface area contributed by atoms with E-state index in [1.54, 1.807) is 0 Å². The number of nitrogens with one attached hydrogen (secondary N) is 1. The standard InChI is InChI=1S/C21H32N2O4/c1-15(2)21(17-6-7-18-19(11-17)27-10-4-9-26-18)22-20(25)13-23-8-3-5-16(12-23)14-24/h6-7,11,15-16,21,24H,3-5,8-10,12-14H2,1-2H3,(H,22,25)/t16-,21+/m1/s1. The van der Waals surface area contributed by atoms with Crippen molar-refractivity contribution in [3.63, 3.8) is 0 Å². The monoisotopic (exact) mass is 376 g/mol. The third-order valence-electron chi connectivity index (χ3n) is 5.34. The molecule has 0 aliphatic carbocycles. The van der Waals surface area contributed by atoms with E-state index in [1.165, 1.54) is 0 Å². The molecular formula is C21H32N2O4. The van der Waals surface area contributed by atoms with Crippen molar-refractivity contribution in [3.8, 4) is 11.5 Å². The molecule has 1 aromatic carbocycles. The van der Waals surface area contributed by atoms with Crippen LogP contribution in [0.3, 0.4) is 0 Å². The number of aliphatic hydroxyl groups is 1. The molecule has 1 saturated heterocycles. The molecule has 2 aliphatic heterocycles. The van der Waals surface area contributed by atoms with Crippen LogP contribution >= 0.6 is 0 Å². The van der Waals surface area contributed by atoms with Gasteiger partial charge in [-0.05, 0) is 48.9 Å². The number of fused-ring (bicyclic) bond motifs is 1. The van der Waals surface area contributed by atoms with Crippen LogP contribution in [-0.2, 0) is 4.79 Å². The summed E-state index contributed by atoms with van der Waals surface area (Å²) in [4.78, 5) is 14.8. The van der Waals surface area contributed by atoms with Gasteiger partial charge in [0.25, 0.3) is 0 Å². The molecule has 0 radical (unpaired) electrons. The molecule has 0 aromatic heterocycles. The molecule has 2 aliphatic rings. The second-order valence-corrected chi connectivity index (χ2v) is 7.97. The number of piperidine rings is 1. The van der Waals surface area contributed by atoms with Gasteiger partial charge in [-0.3, -0.25) is 9.69 Å². The maximum Gasteiger partial charge on any atom is 0.234 e. The van der Waals surface area contributed by atoms with Gasteiger partial charge in [-0.15, -0.1) is 0 Å². The summed E-state index contributed by atoms with van der Waals surface area (Å²) < 4.78 is 11.5. The predicted molar refractivity (Wildman–Crippen MR) is 104 cm³/mol. The van der Waals surface area contributed by atoms with Gasteiger partial charge in [0.15, 0.2) is 11.5 Å². The summed E-state index contributed by atoms with van der Waals surface area (Å²) in [6.45, 7) is 7.82. The van der Waals surface area contributed by atoms with Crippen LogP contribution in [-0.4, -0.2) is 55.4 Å². The van der Waals surface area contributed by atoms with E-state index in [9.17, 15) is 9.90 Å². The van der Waals surface area contributed by atoms with Gasteiger partial charge in [0.05, 0.1) is 25.8 Å². The van der Waals surface area contributed by atoms with E-state index in [0.717, 1.165) is 49.4 Å². The second kappa shape index (κ2) is 9.42. The van der Waals surface area contributed by atoms with Crippen molar-refractivity contribution < 1.29 is 19.4 Å². The molecule has 1 aromatic rings. The number of hydrogen-bond acceptors (Lipinski definition) is 5. The fourth-order valence-electron chi connectivity index (χ4n) is 3.87. The third kappa shape index (κ3) is 5.36. The minimum atomic E-state index is -0.0758. The number of carbonyl (C=O) groups is 1. The first-order valence-electron chi connectivity index (χ1n) is 10.1. The fraction of sp³-hybridized carbons (Fsp3) is 0.667. The second-order valence-electron chi connectivity index (χ2n) is 7.97. The fourth-order valence-corrected chi connectivity index (χ4v) is 3.87. The molecule has 27 heavy (non-hydrogen) atoms. The van der Waals surface area contributed by atoms with Crippen molar-refractivity contribution in [3.05, 3.63) is 23.8 Å². The zero-order chi connectivity index (χ0) is 19.2. The van der Waals surface area contributed by atoms with E-state index in [-0.39, 0.29) is 30.4 Å². The van der Waals surface area contributed by atoms with Crippen LogP contribution in [0.15, 0.2) is 18.2 Å². The summed E-state index contributed by atoms with van der Waals surface area (Å²) in [5.41, 5.74) is 1.04. The van der Waals surface area contributed by atoms with Crippen LogP contribution in [0.1, 0.15) is 44.7 Å². The average molecular weight is 376 g/mol. The minimum Gasteiger partial charge on any atom is -0.490 e. The van der Waals surface area contributed by atoms with E-state index in [2.05, 4.69) is 24.1 Å². The largest absolute Gasteiger partial charge is 0.490 e. The lowest BCUT2D eigenvalue weighted by Gasteiger charge is -2.32. The van der Waals surface area contributed by atoms with E-state index in [0.29, 0.717) is 19.8 Å². The molecule has 6 nitrogen and oxygen atoms in total. The Bertz CT molecular complexity index is 635. The zero-order valence-electron chi connectivity index (χ0n) is 16.4. The number of aliphatic hydroxyl groups excluding tert-OH is 1. The molecule has 2 atom stereocenters. The van der Waals surface area contributed by atoms with Crippen LogP contribution in [0.5, 0.6) is 11.5 Å². The molecule has 3 rings (SSSR count). The Morgan fingerprint density at radius 1 is 1.26 bits per heavy atom. The molecule has 6 heteroatoms. The third-order valence-corrected chi connectivity index (χ3v) is 5.34. The molecule has 1 fully saturated rings. The summed E-state index contributed by atoms with van der Waals surface area (Å²) in [5.74, 6) is 2.10. The highest BCUT2D eigenvalue weighted by molar-refractivity contribution is 5.78. The molecule has 1 amide bonds. The van der Waals surface area contributed by atoms with Crippen molar-refractivity contribution in [2.45, 2.75) is 39.2 Å². The van der Waals surface area contributed by atoms with E-state index in [1.807, 2.05) is 18.2 Å². The van der Waals surface area contributed by atoms with Gasteiger partial charge in [0.2, 0.25) is 5.91 Å². The van der Waals surface area contributed by atoms with Crippen LogP contribution < -0.4 is 14.8 Å². The number of nitrogens with zero attached hydrogens (tertiary/aromatic N) is 1. The molecule has 0 bridgehead atoms. The normalized spacial score (nSPS) is 21.6. The molecule has 0 spiro atoms. The molecule has 0 saturated carbocycles. The van der Waals surface area contributed by atoms with Crippen LogP contribution in [0.2, 0.25) is 0 Å². The lowest BCUT2D eigenvalue weighted by atomic mass is 9.95. The molecule has 0 unspecified atom stereocenters. The predicted octanol–water partition coefficient (Wildman–Crippen LogP) is 2.37. The number of amides is 1. The highest BCUT2D eigenvalue weighted by atomic mass is 16.5. The number of rotatable bonds is 6. The summed E-state index contributed by atoms with van der Waals surface area (Å²) >= 11 is 0. The molecule has 150 valence electrons. The van der Waals surface area contributed by atoms with Gasteiger partial charge >= 0.3 is 0 Å². The van der Waals surface area contributed by atoms with Crippen molar-refractivity contribution in [2.24, 2.45) is 11.8 Å². The zero-order valence-corrected chi connectivity index (χ0v) is 16.4. The Hall–Kier alpha value is -1.79. The maximum absolute atomic E-state index is 12.7. The quantitative estimate of drug-likeness (QED) is 0.798. The first kappa shape index (κ1) is 20.0. The van der Waals surface area contributed by atoms with Crippen molar-refractivity contribution in [1.29, 1.82) is 0 Å². The number of benzene rings is 1. The SMILES string of the molecule is CC(C)[C@H](NC(=O)CN1CCC[C@@H](CO)C1)c1ccc2c(c1)OCCCO2. The average Bonchev–Trinajstić information content (AvgIpc) is 2.90. The van der Waals surface area contributed by atoms with E-state index in [4.69, 9.17) is 9.47 Å². The minimum absolute atomic E-state index is 0.0272. The molecular weight excluding hydrogens is 344 g/mol. The Kier molecular flexibility index (Phi) is 6.96. The highest BCUT2D eigenvalue weighted by Gasteiger charge is 2.24. The molecule has 2 heterocycles. The highest BCUT2D eigenvalue weighted by Crippen LogP contribution is 2.34. The molecule has 2 N–H and O–H groups in total. The Morgan fingerprint density at radius 3 is 2.78 bits per heavy atom. The van der Waals surface area contributed by atoms with Crippen LogP contribution in [0, 0.1) is 11.8 Å².